The number of ether oxygens (including phenoxy) is 1. The molecule has 2 rings (SSSR count). The average Bonchev–Trinajstić information content (AvgIpc) is 2.83. The van der Waals surface area contributed by atoms with Crippen molar-refractivity contribution < 1.29 is 13.2 Å². The first-order valence-electron chi connectivity index (χ1n) is 6.22. The number of methoxy groups -OCH3 is 1. The maximum absolute atomic E-state index is 12.4. The minimum atomic E-state index is -3.65. The highest BCUT2D eigenvalue weighted by Gasteiger charge is 2.17. The van der Waals surface area contributed by atoms with Crippen molar-refractivity contribution in [3.05, 3.63) is 34.8 Å². The van der Waals surface area contributed by atoms with Crippen LogP contribution in [0.25, 0.3) is 0 Å². The van der Waals surface area contributed by atoms with Crippen LogP contribution >= 0.6 is 11.3 Å². The SMILES string of the molecule is CNCc1cc(S(=O)(=O)Nc2nc(C)cs2)ccc1OC. The Morgan fingerprint density at radius 2 is 2.14 bits per heavy atom. The highest BCUT2D eigenvalue weighted by atomic mass is 32.2. The van der Waals surface area contributed by atoms with Gasteiger partial charge in [-0.05, 0) is 32.2 Å². The molecule has 0 saturated heterocycles. The van der Waals surface area contributed by atoms with Gasteiger partial charge in [-0.25, -0.2) is 13.4 Å². The summed E-state index contributed by atoms with van der Waals surface area (Å²) in [6.07, 6.45) is 0. The number of sulfonamides is 1. The van der Waals surface area contributed by atoms with E-state index in [4.69, 9.17) is 4.74 Å². The summed E-state index contributed by atoms with van der Waals surface area (Å²) in [5.74, 6) is 0.647. The predicted octanol–water partition coefficient (Wildman–Crippen LogP) is 1.98. The Bertz CT molecular complexity index is 726. The predicted molar refractivity (Wildman–Crippen MR) is 83.4 cm³/mol. The summed E-state index contributed by atoms with van der Waals surface area (Å²) in [4.78, 5) is 4.29. The van der Waals surface area contributed by atoms with Gasteiger partial charge in [0.25, 0.3) is 10.0 Å². The van der Waals surface area contributed by atoms with E-state index < -0.39 is 10.0 Å². The molecule has 0 saturated carbocycles. The van der Waals surface area contributed by atoms with E-state index in [0.717, 1.165) is 11.3 Å². The molecule has 0 aliphatic heterocycles. The molecule has 0 fully saturated rings. The Kier molecular flexibility index (Phi) is 4.81. The zero-order chi connectivity index (χ0) is 15.5. The van der Waals surface area contributed by atoms with Gasteiger partial charge in [0.2, 0.25) is 0 Å². The highest BCUT2D eigenvalue weighted by molar-refractivity contribution is 7.93. The molecule has 0 aliphatic rings. The van der Waals surface area contributed by atoms with Crippen molar-refractivity contribution in [2.24, 2.45) is 0 Å². The Labute approximate surface area is 128 Å². The first kappa shape index (κ1) is 15.7. The van der Waals surface area contributed by atoms with Crippen LogP contribution in [0.4, 0.5) is 5.13 Å². The van der Waals surface area contributed by atoms with Gasteiger partial charge in [-0.2, -0.15) is 0 Å². The lowest BCUT2D eigenvalue weighted by atomic mass is 10.2. The molecule has 0 atom stereocenters. The third kappa shape index (κ3) is 3.72. The largest absolute Gasteiger partial charge is 0.496 e. The van der Waals surface area contributed by atoms with Gasteiger partial charge >= 0.3 is 0 Å². The van der Waals surface area contributed by atoms with Crippen molar-refractivity contribution in [1.82, 2.24) is 10.3 Å². The van der Waals surface area contributed by atoms with Gasteiger partial charge < -0.3 is 10.1 Å². The lowest BCUT2D eigenvalue weighted by Crippen LogP contribution is -2.14. The van der Waals surface area contributed by atoms with E-state index in [0.29, 0.717) is 17.4 Å². The fraction of sp³-hybridized carbons (Fsp3) is 0.308. The normalized spacial score (nSPS) is 11.4. The van der Waals surface area contributed by atoms with Gasteiger partial charge in [-0.1, -0.05) is 0 Å². The number of nitrogens with zero attached hydrogens (tertiary/aromatic N) is 1. The van der Waals surface area contributed by atoms with Gasteiger partial charge in [0.1, 0.15) is 5.75 Å². The fourth-order valence-electron chi connectivity index (χ4n) is 1.83. The molecule has 1 aromatic carbocycles. The molecule has 1 aromatic heterocycles. The number of hydrogen-bond acceptors (Lipinski definition) is 6. The van der Waals surface area contributed by atoms with E-state index in [9.17, 15) is 8.42 Å². The number of anilines is 1. The Balaban J connectivity index is 2.33. The zero-order valence-corrected chi connectivity index (χ0v) is 13.6. The van der Waals surface area contributed by atoms with E-state index in [1.807, 2.05) is 6.92 Å². The molecule has 6 nitrogen and oxygen atoms in total. The van der Waals surface area contributed by atoms with Crippen molar-refractivity contribution in [3.63, 3.8) is 0 Å². The summed E-state index contributed by atoms with van der Waals surface area (Å²) in [6, 6.07) is 4.76. The summed E-state index contributed by atoms with van der Waals surface area (Å²) in [5.41, 5.74) is 1.56. The van der Waals surface area contributed by atoms with Crippen molar-refractivity contribution >= 4 is 26.5 Å². The smallest absolute Gasteiger partial charge is 0.263 e. The second kappa shape index (κ2) is 6.42. The van der Waals surface area contributed by atoms with Crippen molar-refractivity contribution in [2.45, 2.75) is 18.4 Å². The average molecular weight is 327 g/mol. The molecule has 1 heterocycles. The molecule has 0 unspecified atom stereocenters. The van der Waals surface area contributed by atoms with E-state index >= 15 is 0 Å². The Morgan fingerprint density at radius 1 is 1.38 bits per heavy atom. The molecular formula is C13H17N3O3S2. The van der Waals surface area contributed by atoms with Crippen LogP contribution in [0.1, 0.15) is 11.3 Å². The van der Waals surface area contributed by atoms with E-state index in [2.05, 4.69) is 15.0 Å². The van der Waals surface area contributed by atoms with Crippen LogP contribution in [0.5, 0.6) is 5.75 Å². The van der Waals surface area contributed by atoms with Gasteiger partial charge in [0.15, 0.2) is 5.13 Å². The monoisotopic (exact) mass is 327 g/mol. The number of thiazole rings is 1. The number of rotatable bonds is 6. The molecule has 21 heavy (non-hydrogen) atoms. The standard InChI is InChI=1S/C13H17N3O3S2/c1-9-8-20-13(15-9)16-21(17,18)11-4-5-12(19-3)10(6-11)7-14-2/h4-6,8,14H,7H2,1-3H3,(H,15,16). The summed E-state index contributed by atoms with van der Waals surface area (Å²) in [7, 11) is -0.307. The van der Waals surface area contributed by atoms with Crippen LogP contribution in [0.15, 0.2) is 28.5 Å². The lowest BCUT2D eigenvalue weighted by molar-refractivity contribution is 0.408. The molecule has 2 N–H and O–H groups in total. The zero-order valence-electron chi connectivity index (χ0n) is 12.0. The van der Waals surface area contributed by atoms with Gasteiger partial charge in [-0.15, -0.1) is 11.3 Å². The maximum Gasteiger partial charge on any atom is 0.263 e. The Hall–Kier alpha value is -1.64. The molecule has 8 heteroatoms. The third-order valence-electron chi connectivity index (χ3n) is 2.77. The molecule has 0 radical (unpaired) electrons. The van der Waals surface area contributed by atoms with Crippen LogP contribution in [-0.2, 0) is 16.6 Å². The topological polar surface area (TPSA) is 80.3 Å². The fourth-order valence-corrected chi connectivity index (χ4v) is 3.82. The molecule has 0 aliphatic carbocycles. The minimum Gasteiger partial charge on any atom is -0.496 e. The summed E-state index contributed by atoms with van der Waals surface area (Å²) in [5, 5.41) is 5.13. The number of hydrogen-bond donors (Lipinski definition) is 2. The van der Waals surface area contributed by atoms with Crippen LogP contribution < -0.4 is 14.8 Å². The van der Waals surface area contributed by atoms with E-state index in [1.54, 1.807) is 31.7 Å². The maximum atomic E-state index is 12.4. The van der Waals surface area contributed by atoms with Crippen LogP contribution in [0, 0.1) is 6.92 Å². The minimum absolute atomic E-state index is 0.182. The van der Waals surface area contributed by atoms with Crippen molar-refractivity contribution in [2.75, 3.05) is 18.9 Å². The van der Waals surface area contributed by atoms with E-state index in [-0.39, 0.29) is 4.90 Å². The van der Waals surface area contributed by atoms with Crippen LogP contribution in [0.2, 0.25) is 0 Å². The van der Waals surface area contributed by atoms with Gasteiger partial charge in [0, 0.05) is 17.5 Å². The molecule has 2 aromatic rings. The number of aryl methyl sites for hydroxylation is 1. The van der Waals surface area contributed by atoms with Gasteiger partial charge in [0.05, 0.1) is 17.7 Å². The second-order valence-electron chi connectivity index (χ2n) is 4.40. The molecule has 0 bridgehead atoms. The lowest BCUT2D eigenvalue weighted by Gasteiger charge is -2.11. The van der Waals surface area contributed by atoms with Crippen molar-refractivity contribution in [3.8, 4) is 5.75 Å². The number of nitrogens with one attached hydrogen (secondary N) is 2. The molecule has 0 spiro atoms. The van der Waals surface area contributed by atoms with Crippen LogP contribution in [-0.4, -0.2) is 27.6 Å². The summed E-state index contributed by atoms with van der Waals surface area (Å²) >= 11 is 1.25. The van der Waals surface area contributed by atoms with Gasteiger partial charge in [-0.3, -0.25) is 4.72 Å². The third-order valence-corrected chi connectivity index (χ3v) is 5.11. The van der Waals surface area contributed by atoms with Crippen molar-refractivity contribution in [1.29, 1.82) is 0 Å². The molecule has 114 valence electrons. The highest BCUT2D eigenvalue weighted by Crippen LogP contribution is 2.25. The summed E-state index contributed by atoms with van der Waals surface area (Å²) < 4.78 is 32.4. The first-order valence-corrected chi connectivity index (χ1v) is 8.59. The summed E-state index contributed by atoms with van der Waals surface area (Å²) in [6.45, 7) is 2.33. The first-order chi connectivity index (χ1) is 9.96. The number of aromatic nitrogens is 1. The molecule has 0 amide bonds. The number of benzene rings is 1. The Morgan fingerprint density at radius 3 is 2.71 bits per heavy atom. The van der Waals surface area contributed by atoms with Crippen LogP contribution in [0.3, 0.4) is 0 Å². The van der Waals surface area contributed by atoms with E-state index in [1.165, 1.54) is 17.4 Å². The second-order valence-corrected chi connectivity index (χ2v) is 6.94. The molecular weight excluding hydrogens is 310 g/mol. The quantitative estimate of drug-likeness (QED) is 0.848.